The van der Waals surface area contributed by atoms with Gasteiger partial charge in [0.25, 0.3) is 15.9 Å². The summed E-state index contributed by atoms with van der Waals surface area (Å²) in [5, 5.41) is 7.98. The molecule has 4 rings (SSSR count). The van der Waals surface area contributed by atoms with E-state index < -0.39 is 10.0 Å². The number of anilines is 2. The Labute approximate surface area is 192 Å². The van der Waals surface area contributed by atoms with Crippen molar-refractivity contribution in [3.63, 3.8) is 0 Å². The summed E-state index contributed by atoms with van der Waals surface area (Å²) in [4.78, 5) is 17.6. The Morgan fingerprint density at radius 2 is 1.61 bits per heavy atom. The van der Waals surface area contributed by atoms with Crippen LogP contribution in [0.3, 0.4) is 0 Å². The lowest BCUT2D eigenvalue weighted by Crippen LogP contribution is -2.15. The topological polar surface area (TPSA) is 106 Å². The number of hydrogen-bond acceptors (Lipinski definition) is 5. The molecular formula is C24H25N5O3S. The Morgan fingerprint density at radius 1 is 0.970 bits per heavy atom. The second kappa shape index (κ2) is 8.67. The van der Waals surface area contributed by atoms with Gasteiger partial charge in [-0.15, -0.1) is 0 Å². The normalized spacial score (nSPS) is 11.7. The van der Waals surface area contributed by atoms with E-state index in [1.54, 1.807) is 67.7 Å². The van der Waals surface area contributed by atoms with Crippen LogP contribution >= 0.6 is 0 Å². The van der Waals surface area contributed by atoms with Gasteiger partial charge < -0.3 is 5.32 Å². The van der Waals surface area contributed by atoms with E-state index >= 15 is 0 Å². The van der Waals surface area contributed by atoms with Gasteiger partial charge in [-0.2, -0.15) is 5.10 Å². The zero-order chi connectivity index (χ0) is 23.8. The molecule has 2 aromatic carbocycles. The molecule has 9 heteroatoms. The molecular weight excluding hydrogens is 438 g/mol. The number of carbonyl (C=O) groups is 1. The molecule has 0 fully saturated rings. The average Bonchev–Trinajstić information content (AvgIpc) is 3.17. The fourth-order valence-electron chi connectivity index (χ4n) is 3.42. The molecule has 0 aliphatic carbocycles. The monoisotopic (exact) mass is 463 g/mol. The minimum Gasteiger partial charge on any atom is -0.322 e. The van der Waals surface area contributed by atoms with Crippen LogP contribution < -0.4 is 10.0 Å². The van der Waals surface area contributed by atoms with Crippen molar-refractivity contribution < 1.29 is 13.2 Å². The van der Waals surface area contributed by atoms with Crippen molar-refractivity contribution >= 4 is 38.3 Å². The van der Waals surface area contributed by atoms with E-state index in [1.165, 1.54) is 0 Å². The molecule has 2 heterocycles. The number of hydrogen-bond donors (Lipinski definition) is 2. The zero-order valence-electron chi connectivity index (χ0n) is 18.8. The highest BCUT2D eigenvalue weighted by atomic mass is 32.2. The highest BCUT2D eigenvalue weighted by Crippen LogP contribution is 2.22. The van der Waals surface area contributed by atoms with E-state index in [0.717, 1.165) is 16.6 Å². The first kappa shape index (κ1) is 22.5. The van der Waals surface area contributed by atoms with Gasteiger partial charge in [0.05, 0.1) is 22.3 Å². The van der Waals surface area contributed by atoms with Gasteiger partial charge in [-0.1, -0.05) is 17.7 Å². The van der Waals surface area contributed by atoms with E-state index in [1.807, 2.05) is 25.5 Å². The number of fused-ring (bicyclic) bond motifs is 1. The number of rotatable bonds is 6. The second-order valence-corrected chi connectivity index (χ2v) is 9.85. The van der Waals surface area contributed by atoms with Crippen molar-refractivity contribution in [2.75, 3.05) is 10.0 Å². The number of aryl methyl sites for hydroxylation is 2. The number of nitrogens with one attached hydrogen (secondary N) is 2. The third-order valence-corrected chi connectivity index (χ3v) is 6.62. The molecule has 0 saturated heterocycles. The number of nitrogens with zero attached hydrogens (tertiary/aromatic N) is 3. The van der Waals surface area contributed by atoms with Gasteiger partial charge in [0.1, 0.15) is 0 Å². The first-order chi connectivity index (χ1) is 15.6. The molecule has 0 atom stereocenters. The van der Waals surface area contributed by atoms with E-state index in [0.29, 0.717) is 22.6 Å². The number of sulfonamides is 1. The molecule has 1 amide bonds. The van der Waals surface area contributed by atoms with Crippen molar-refractivity contribution in [3.05, 3.63) is 77.6 Å². The molecule has 0 aliphatic rings. The molecule has 2 N–H and O–H groups in total. The second-order valence-electron chi connectivity index (χ2n) is 8.17. The number of benzene rings is 2. The quantitative estimate of drug-likeness (QED) is 0.432. The predicted molar refractivity (Wildman–Crippen MR) is 129 cm³/mol. The highest BCUT2D eigenvalue weighted by molar-refractivity contribution is 7.92. The van der Waals surface area contributed by atoms with Crippen LogP contribution in [-0.4, -0.2) is 29.1 Å². The van der Waals surface area contributed by atoms with Crippen LogP contribution in [0, 0.1) is 13.8 Å². The number of pyridine rings is 1. The van der Waals surface area contributed by atoms with E-state index in [4.69, 9.17) is 0 Å². The summed E-state index contributed by atoms with van der Waals surface area (Å²) in [5.74, 6) is -0.299. The van der Waals surface area contributed by atoms with Gasteiger partial charge >= 0.3 is 0 Å². The van der Waals surface area contributed by atoms with Gasteiger partial charge in [0.15, 0.2) is 5.65 Å². The third-order valence-electron chi connectivity index (χ3n) is 5.22. The lowest BCUT2D eigenvalue weighted by atomic mass is 10.1. The SMILES string of the molecule is Cc1ccc(S(=O)(=O)Nc2ccc(NC(=O)c3cc4cnn(C(C)C)c4nc3C)cc2)cc1. The molecule has 33 heavy (non-hydrogen) atoms. The van der Waals surface area contributed by atoms with Gasteiger partial charge in [-0.05, 0) is 70.2 Å². The maximum absolute atomic E-state index is 12.9. The highest BCUT2D eigenvalue weighted by Gasteiger charge is 2.16. The molecule has 8 nitrogen and oxygen atoms in total. The first-order valence-electron chi connectivity index (χ1n) is 10.5. The van der Waals surface area contributed by atoms with Crippen molar-refractivity contribution in [3.8, 4) is 0 Å². The van der Waals surface area contributed by atoms with Crippen LogP contribution in [0.2, 0.25) is 0 Å². The number of carbonyl (C=O) groups excluding carboxylic acids is 1. The van der Waals surface area contributed by atoms with Crippen LogP contribution in [0.4, 0.5) is 11.4 Å². The Kier molecular flexibility index (Phi) is 5.90. The van der Waals surface area contributed by atoms with Crippen LogP contribution in [0.15, 0.2) is 65.7 Å². The van der Waals surface area contributed by atoms with Gasteiger partial charge in [0.2, 0.25) is 0 Å². The summed E-state index contributed by atoms with van der Waals surface area (Å²) < 4.78 is 29.5. The molecule has 0 aliphatic heterocycles. The molecule has 170 valence electrons. The lowest BCUT2D eigenvalue weighted by molar-refractivity contribution is 0.102. The van der Waals surface area contributed by atoms with Crippen molar-refractivity contribution in [1.29, 1.82) is 0 Å². The summed E-state index contributed by atoms with van der Waals surface area (Å²) in [6, 6.07) is 15.0. The van der Waals surface area contributed by atoms with Crippen LogP contribution in [0.25, 0.3) is 11.0 Å². The Hall–Kier alpha value is -3.72. The summed E-state index contributed by atoms with van der Waals surface area (Å²) in [5.41, 5.74) is 3.71. The molecule has 0 bridgehead atoms. The summed E-state index contributed by atoms with van der Waals surface area (Å²) in [6.07, 6.45) is 1.70. The maximum atomic E-state index is 12.9. The fourth-order valence-corrected chi connectivity index (χ4v) is 4.48. The largest absolute Gasteiger partial charge is 0.322 e. The van der Waals surface area contributed by atoms with E-state index in [9.17, 15) is 13.2 Å². The Morgan fingerprint density at radius 3 is 2.24 bits per heavy atom. The summed E-state index contributed by atoms with van der Waals surface area (Å²) in [7, 11) is -3.69. The van der Waals surface area contributed by atoms with Crippen molar-refractivity contribution in [2.45, 2.75) is 38.6 Å². The van der Waals surface area contributed by atoms with Gasteiger partial charge in [-0.25, -0.2) is 18.1 Å². The zero-order valence-corrected chi connectivity index (χ0v) is 19.6. The maximum Gasteiger partial charge on any atom is 0.261 e. The fraction of sp³-hybridized carbons (Fsp3) is 0.208. The first-order valence-corrected chi connectivity index (χ1v) is 12.0. The molecule has 0 radical (unpaired) electrons. The van der Waals surface area contributed by atoms with Crippen molar-refractivity contribution in [1.82, 2.24) is 14.8 Å². The average molecular weight is 464 g/mol. The van der Waals surface area contributed by atoms with E-state index in [2.05, 4.69) is 20.1 Å². The van der Waals surface area contributed by atoms with E-state index in [-0.39, 0.29) is 16.8 Å². The number of amides is 1. The van der Waals surface area contributed by atoms with Gasteiger partial charge in [0, 0.05) is 22.8 Å². The van der Waals surface area contributed by atoms with Crippen LogP contribution in [0.1, 0.15) is 41.5 Å². The third kappa shape index (κ3) is 4.73. The lowest BCUT2D eigenvalue weighted by Gasteiger charge is -2.11. The molecule has 2 aromatic heterocycles. The predicted octanol–water partition coefficient (Wildman–Crippen LogP) is 4.68. The Balaban J connectivity index is 1.49. The minimum atomic E-state index is -3.69. The van der Waals surface area contributed by atoms with Gasteiger partial charge in [-0.3, -0.25) is 9.52 Å². The Bertz CT molecular complexity index is 1420. The molecule has 0 saturated carbocycles. The van der Waals surface area contributed by atoms with Crippen molar-refractivity contribution in [2.24, 2.45) is 0 Å². The molecule has 0 spiro atoms. The standard InChI is InChI=1S/C24H25N5O3S/c1-15(2)29-23-18(14-25-29)13-22(17(4)26-23)24(30)27-19-7-9-20(10-8-19)28-33(31,32)21-11-5-16(3)6-12-21/h5-15,28H,1-4H3,(H,27,30). The minimum absolute atomic E-state index is 0.163. The van der Waals surface area contributed by atoms with Crippen LogP contribution in [0.5, 0.6) is 0 Å². The summed E-state index contributed by atoms with van der Waals surface area (Å²) >= 11 is 0. The summed E-state index contributed by atoms with van der Waals surface area (Å²) in [6.45, 7) is 7.73. The smallest absolute Gasteiger partial charge is 0.261 e. The van der Waals surface area contributed by atoms with Crippen LogP contribution in [-0.2, 0) is 10.0 Å². The number of aromatic nitrogens is 3. The molecule has 0 unspecified atom stereocenters. The molecule has 4 aromatic rings.